The van der Waals surface area contributed by atoms with Crippen LogP contribution in [0.15, 0.2) is 36.4 Å². The monoisotopic (exact) mass is 334 g/mol. The molecule has 2 aromatic carbocycles. The zero-order chi connectivity index (χ0) is 17.7. The van der Waals surface area contributed by atoms with Crippen molar-refractivity contribution in [3.63, 3.8) is 0 Å². The van der Waals surface area contributed by atoms with Gasteiger partial charge in [0, 0.05) is 12.3 Å². The number of aryl methyl sites for hydroxylation is 1. The van der Waals surface area contributed by atoms with E-state index in [1.807, 2.05) is 13.8 Å². The first-order valence-electron chi connectivity index (χ1n) is 7.66. The number of nitrogens with one attached hydrogen (secondary N) is 2. The molecule has 0 aliphatic carbocycles. The number of hydrogen-bond donors (Lipinski definition) is 2. The van der Waals surface area contributed by atoms with E-state index in [2.05, 4.69) is 10.6 Å². The zero-order valence-electron chi connectivity index (χ0n) is 13.8. The number of carbonyl (C=O) groups excluding carboxylic acids is 1. The molecule has 2 rings (SSSR count). The molecule has 0 aliphatic heterocycles. The van der Waals surface area contributed by atoms with Crippen LogP contribution in [0.25, 0.3) is 0 Å². The van der Waals surface area contributed by atoms with Crippen molar-refractivity contribution in [3.8, 4) is 0 Å². The lowest BCUT2D eigenvalue weighted by Crippen LogP contribution is -2.20. The van der Waals surface area contributed by atoms with Crippen molar-refractivity contribution in [2.24, 2.45) is 0 Å². The molecule has 128 valence electrons. The summed E-state index contributed by atoms with van der Waals surface area (Å²) in [7, 11) is 0. The minimum absolute atomic E-state index is 0.0544. The van der Waals surface area contributed by atoms with E-state index in [1.54, 1.807) is 13.0 Å². The van der Waals surface area contributed by atoms with Gasteiger partial charge in [0.2, 0.25) is 0 Å². The Morgan fingerprint density at radius 1 is 1.12 bits per heavy atom. The van der Waals surface area contributed by atoms with E-state index < -0.39 is 11.8 Å². The normalized spacial score (nSPS) is 11.9. The fourth-order valence-corrected chi connectivity index (χ4v) is 2.24. The number of anilines is 2. The van der Waals surface area contributed by atoms with E-state index >= 15 is 0 Å². The Morgan fingerprint density at radius 2 is 1.88 bits per heavy atom. The summed E-state index contributed by atoms with van der Waals surface area (Å²) in [6.45, 7) is 5.82. The van der Waals surface area contributed by atoms with Crippen LogP contribution < -0.4 is 10.6 Å². The van der Waals surface area contributed by atoms with Gasteiger partial charge in [-0.15, -0.1) is 0 Å². The van der Waals surface area contributed by atoms with E-state index in [1.165, 1.54) is 30.3 Å². The van der Waals surface area contributed by atoms with Gasteiger partial charge in [-0.1, -0.05) is 6.07 Å². The van der Waals surface area contributed by atoms with Crippen LogP contribution in [0.2, 0.25) is 0 Å². The average molecular weight is 334 g/mol. The Kier molecular flexibility index (Phi) is 5.87. The summed E-state index contributed by atoms with van der Waals surface area (Å²) in [5.74, 6) is -0.907. The molecular formula is C18H20F2N2O2. The minimum atomic E-state index is -0.606. The standard InChI is InChI=1S/C18H20F2N2O2/c1-4-24-12(3)13-5-8-17(16(20)10-13)22-18(23)21-14-6-7-15(19)11(2)9-14/h5-10,12H,4H2,1-3H3,(H2,21,22,23)/t12-/m0/s1. The highest BCUT2D eigenvalue weighted by molar-refractivity contribution is 5.99. The van der Waals surface area contributed by atoms with Gasteiger partial charge >= 0.3 is 6.03 Å². The summed E-state index contributed by atoms with van der Waals surface area (Å²) in [6.07, 6.45) is -0.227. The third-order valence-corrected chi connectivity index (χ3v) is 3.54. The summed E-state index contributed by atoms with van der Waals surface area (Å²) < 4.78 is 32.7. The number of hydrogen-bond acceptors (Lipinski definition) is 2. The van der Waals surface area contributed by atoms with Crippen LogP contribution in [-0.4, -0.2) is 12.6 Å². The van der Waals surface area contributed by atoms with Gasteiger partial charge in [-0.2, -0.15) is 0 Å². The zero-order valence-corrected chi connectivity index (χ0v) is 13.8. The van der Waals surface area contributed by atoms with E-state index in [0.29, 0.717) is 23.4 Å². The molecule has 6 heteroatoms. The molecule has 0 bridgehead atoms. The molecule has 0 heterocycles. The molecule has 0 radical (unpaired) electrons. The molecule has 2 amide bonds. The van der Waals surface area contributed by atoms with Crippen LogP contribution >= 0.6 is 0 Å². The highest BCUT2D eigenvalue weighted by Crippen LogP contribution is 2.23. The van der Waals surface area contributed by atoms with E-state index in [4.69, 9.17) is 4.74 Å². The molecule has 0 unspecified atom stereocenters. The van der Waals surface area contributed by atoms with Crippen molar-refractivity contribution < 1.29 is 18.3 Å². The molecule has 24 heavy (non-hydrogen) atoms. The van der Waals surface area contributed by atoms with Crippen LogP contribution in [0, 0.1) is 18.6 Å². The predicted molar refractivity (Wildman–Crippen MR) is 90.2 cm³/mol. The highest BCUT2D eigenvalue weighted by Gasteiger charge is 2.11. The number of amides is 2. The summed E-state index contributed by atoms with van der Waals surface area (Å²) in [5.41, 5.74) is 1.58. The quantitative estimate of drug-likeness (QED) is 0.807. The van der Waals surface area contributed by atoms with Crippen molar-refractivity contribution in [3.05, 3.63) is 59.2 Å². The molecule has 0 saturated heterocycles. The smallest absolute Gasteiger partial charge is 0.323 e. The fraction of sp³-hybridized carbons (Fsp3) is 0.278. The first-order chi connectivity index (χ1) is 11.4. The van der Waals surface area contributed by atoms with Gasteiger partial charge in [0.05, 0.1) is 11.8 Å². The molecule has 2 N–H and O–H groups in total. The lowest BCUT2D eigenvalue weighted by molar-refractivity contribution is 0.0762. The molecule has 0 spiro atoms. The topological polar surface area (TPSA) is 50.4 Å². The molecule has 2 aromatic rings. The highest BCUT2D eigenvalue weighted by atomic mass is 19.1. The van der Waals surface area contributed by atoms with Gasteiger partial charge in [-0.3, -0.25) is 0 Å². The maximum atomic E-state index is 14.1. The molecule has 4 nitrogen and oxygen atoms in total. The molecule has 0 saturated carbocycles. The SMILES string of the molecule is CCO[C@@H](C)c1ccc(NC(=O)Nc2ccc(F)c(C)c2)c(F)c1. The Labute approximate surface area is 139 Å². The lowest BCUT2D eigenvalue weighted by atomic mass is 10.1. The summed E-state index contributed by atoms with van der Waals surface area (Å²) in [5, 5.41) is 4.97. The van der Waals surface area contributed by atoms with Crippen molar-refractivity contribution in [1.29, 1.82) is 0 Å². The third kappa shape index (κ3) is 4.52. The number of benzene rings is 2. The largest absolute Gasteiger partial charge is 0.374 e. The minimum Gasteiger partial charge on any atom is -0.374 e. The second-order valence-corrected chi connectivity index (χ2v) is 5.38. The second-order valence-electron chi connectivity index (χ2n) is 5.38. The van der Waals surface area contributed by atoms with Gasteiger partial charge < -0.3 is 15.4 Å². The Bertz CT molecular complexity index is 735. The Balaban J connectivity index is 2.04. The third-order valence-electron chi connectivity index (χ3n) is 3.54. The van der Waals surface area contributed by atoms with Crippen molar-refractivity contribution in [1.82, 2.24) is 0 Å². The number of urea groups is 1. The van der Waals surface area contributed by atoms with Gasteiger partial charge in [0.1, 0.15) is 11.6 Å². The van der Waals surface area contributed by atoms with Crippen LogP contribution in [0.3, 0.4) is 0 Å². The summed E-state index contributed by atoms with van der Waals surface area (Å²) in [4.78, 5) is 11.9. The fourth-order valence-electron chi connectivity index (χ4n) is 2.24. The molecule has 0 aliphatic rings. The van der Waals surface area contributed by atoms with Crippen LogP contribution in [0.4, 0.5) is 25.0 Å². The van der Waals surface area contributed by atoms with Gasteiger partial charge in [-0.25, -0.2) is 13.6 Å². The van der Waals surface area contributed by atoms with Crippen molar-refractivity contribution in [2.45, 2.75) is 26.9 Å². The van der Waals surface area contributed by atoms with E-state index in [0.717, 1.165) is 0 Å². The van der Waals surface area contributed by atoms with Crippen LogP contribution in [0.5, 0.6) is 0 Å². The average Bonchev–Trinajstić information content (AvgIpc) is 2.53. The number of carbonyl (C=O) groups is 1. The first-order valence-corrected chi connectivity index (χ1v) is 7.66. The van der Waals surface area contributed by atoms with Gasteiger partial charge in [0.25, 0.3) is 0 Å². The van der Waals surface area contributed by atoms with E-state index in [9.17, 15) is 13.6 Å². The number of halogens is 2. The van der Waals surface area contributed by atoms with Crippen molar-refractivity contribution >= 4 is 17.4 Å². The number of rotatable bonds is 5. The Hall–Kier alpha value is -2.47. The maximum absolute atomic E-state index is 14.1. The van der Waals surface area contributed by atoms with Crippen LogP contribution in [0.1, 0.15) is 31.1 Å². The Morgan fingerprint density at radius 3 is 2.50 bits per heavy atom. The van der Waals surface area contributed by atoms with Crippen LogP contribution in [-0.2, 0) is 4.74 Å². The second kappa shape index (κ2) is 7.88. The maximum Gasteiger partial charge on any atom is 0.323 e. The number of ether oxygens (including phenoxy) is 1. The van der Waals surface area contributed by atoms with Gasteiger partial charge in [-0.05, 0) is 62.2 Å². The molecular weight excluding hydrogens is 314 g/mol. The molecule has 0 aromatic heterocycles. The molecule has 0 fully saturated rings. The predicted octanol–water partition coefficient (Wildman–Crippen LogP) is 5.01. The summed E-state index contributed by atoms with van der Waals surface area (Å²) >= 11 is 0. The first kappa shape index (κ1) is 17.9. The van der Waals surface area contributed by atoms with E-state index in [-0.39, 0.29) is 17.6 Å². The summed E-state index contributed by atoms with van der Waals surface area (Å²) in [6, 6.07) is 8.10. The molecule has 1 atom stereocenters. The lowest BCUT2D eigenvalue weighted by Gasteiger charge is -2.14. The van der Waals surface area contributed by atoms with Crippen molar-refractivity contribution in [2.75, 3.05) is 17.2 Å². The van der Waals surface area contributed by atoms with Gasteiger partial charge in [0.15, 0.2) is 0 Å².